The van der Waals surface area contributed by atoms with Crippen LogP contribution in [0.25, 0.3) is 5.57 Å². The summed E-state index contributed by atoms with van der Waals surface area (Å²) in [5.74, 6) is -1.50. The van der Waals surface area contributed by atoms with Crippen molar-refractivity contribution in [2.24, 2.45) is 4.99 Å². The first-order valence-corrected chi connectivity index (χ1v) is 10.6. The molecule has 10 heteroatoms. The second-order valence-corrected chi connectivity index (χ2v) is 7.70. The van der Waals surface area contributed by atoms with Crippen molar-refractivity contribution in [1.29, 1.82) is 0 Å². The Morgan fingerprint density at radius 2 is 2.03 bits per heavy atom. The molecule has 2 aromatic carbocycles. The number of aliphatic hydroxyl groups excluding tert-OH is 1. The van der Waals surface area contributed by atoms with Gasteiger partial charge in [0, 0.05) is 18.9 Å². The van der Waals surface area contributed by atoms with Crippen LogP contribution < -0.4 is 5.32 Å². The van der Waals surface area contributed by atoms with Crippen molar-refractivity contribution in [1.82, 2.24) is 20.3 Å². The maximum Gasteiger partial charge on any atom is 0.252 e. The summed E-state index contributed by atoms with van der Waals surface area (Å²) < 4.78 is 35.0. The predicted octanol–water partition coefficient (Wildman–Crippen LogP) is 2.25. The Morgan fingerprint density at radius 1 is 1.24 bits per heavy atom. The SMILES string of the molecule is CO[C@H](CO)[C@@H](Cn1ccnn1)NC(=O)c1cccc(F)c1C1=NCC(c2ccc(F)cc2)=C1. The fourth-order valence-corrected chi connectivity index (χ4v) is 3.79. The van der Waals surface area contributed by atoms with Gasteiger partial charge in [0.05, 0.1) is 43.2 Å². The quantitative estimate of drug-likeness (QED) is 0.503. The van der Waals surface area contributed by atoms with E-state index in [0.29, 0.717) is 5.71 Å². The number of aromatic nitrogens is 3. The lowest BCUT2D eigenvalue weighted by Gasteiger charge is -2.26. The summed E-state index contributed by atoms with van der Waals surface area (Å²) in [6.07, 6.45) is 4.08. The van der Waals surface area contributed by atoms with Crippen LogP contribution in [0.1, 0.15) is 21.5 Å². The van der Waals surface area contributed by atoms with Crippen molar-refractivity contribution in [2.45, 2.75) is 18.7 Å². The number of ether oxygens (including phenoxy) is 1. The van der Waals surface area contributed by atoms with Gasteiger partial charge in [-0.25, -0.2) is 8.78 Å². The maximum absolute atomic E-state index is 15.0. The number of amides is 1. The standard InChI is InChI=1S/C24H23F2N5O3/c1-34-22(14-32)21(13-31-10-9-28-30-31)29-24(33)18-3-2-4-19(26)23(18)20-11-16(12-27-20)15-5-7-17(25)8-6-15/h2-11,21-22,32H,12-14H2,1H3,(H,29,33)/t21-,22-/m1/s1. The minimum Gasteiger partial charge on any atom is -0.394 e. The molecule has 2 N–H and O–H groups in total. The highest BCUT2D eigenvalue weighted by Gasteiger charge is 2.27. The highest BCUT2D eigenvalue weighted by molar-refractivity contribution is 6.19. The van der Waals surface area contributed by atoms with Crippen molar-refractivity contribution in [3.63, 3.8) is 0 Å². The Labute approximate surface area is 194 Å². The number of halogens is 2. The lowest BCUT2D eigenvalue weighted by molar-refractivity contribution is 0.0165. The van der Waals surface area contributed by atoms with Gasteiger partial charge in [0.25, 0.3) is 5.91 Å². The highest BCUT2D eigenvalue weighted by Crippen LogP contribution is 2.25. The minimum atomic E-state index is -0.723. The molecule has 0 saturated heterocycles. The van der Waals surface area contributed by atoms with Gasteiger partial charge in [-0.1, -0.05) is 23.4 Å². The smallest absolute Gasteiger partial charge is 0.252 e. The lowest BCUT2D eigenvalue weighted by Crippen LogP contribution is -2.48. The molecule has 1 amide bonds. The second-order valence-electron chi connectivity index (χ2n) is 7.70. The van der Waals surface area contributed by atoms with Crippen LogP contribution in [-0.2, 0) is 11.3 Å². The Bertz CT molecular complexity index is 1210. The van der Waals surface area contributed by atoms with Gasteiger partial charge in [0.2, 0.25) is 0 Å². The molecule has 1 aromatic heterocycles. The monoisotopic (exact) mass is 467 g/mol. The first-order valence-electron chi connectivity index (χ1n) is 10.6. The number of nitrogens with one attached hydrogen (secondary N) is 1. The first-order chi connectivity index (χ1) is 16.5. The summed E-state index contributed by atoms with van der Waals surface area (Å²) in [5, 5.41) is 20.2. The van der Waals surface area contributed by atoms with E-state index in [9.17, 15) is 18.7 Å². The predicted molar refractivity (Wildman–Crippen MR) is 121 cm³/mol. The van der Waals surface area contributed by atoms with E-state index in [2.05, 4.69) is 20.6 Å². The van der Waals surface area contributed by atoms with Crippen molar-refractivity contribution < 1.29 is 23.4 Å². The Balaban J connectivity index is 1.62. The molecule has 0 saturated carbocycles. The number of aliphatic hydroxyl groups is 1. The second kappa shape index (κ2) is 10.4. The molecule has 176 valence electrons. The molecule has 1 aliphatic rings. The Morgan fingerprint density at radius 3 is 2.71 bits per heavy atom. The van der Waals surface area contributed by atoms with E-state index >= 15 is 0 Å². The van der Waals surface area contributed by atoms with Gasteiger partial charge < -0.3 is 15.2 Å². The number of benzene rings is 2. The zero-order valence-corrected chi connectivity index (χ0v) is 18.4. The van der Waals surface area contributed by atoms with Gasteiger partial charge in [-0.2, -0.15) is 0 Å². The highest BCUT2D eigenvalue weighted by atomic mass is 19.1. The molecule has 8 nitrogen and oxygen atoms in total. The molecule has 0 spiro atoms. The lowest BCUT2D eigenvalue weighted by atomic mass is 9.99. The van der Waals surface area contributed by atoms with Gasteiger partial charge in [0.1, 0.15) is 17.7 Å². The van der Waals surface area contributed by atoms with Crippen LogP contribution in [0.3, 0.4) is 0 Å². The summed E-state index contributed by atoms with van der Waals surface area (Å²) in [7, 11) is 1.42. The van der Waals surface area contributed by atoms with Gasteiger partial charge in [-0.15, -0.1) is 5.10 Å². The summed E-state index contributed by atoms with van der Waals surface area (Å²) in [5.41, 5.74) is 2.02. The summed E-state index contributed by atoms with van der Waals surface area (Å²) in [6, 6.07) is 9.49. The first kappa shape index (κ1) is 23.4. The van der Waals surface area contributed by atoms with E-state index < -0.39 is 23.9 Å². The Hall–Kier alpha value is -3.76. The van der Waals surface area contributed by atoms with Crippen molar-refractivity contribution >= 4 is 17.2 Å². The number of nitrogens with zero attached hydrogens (tertiary/aromatic N) is 4. The summed E-state index contributed by atoms with van der Waals surface area (Å²) in [6.45, 7) is 0.120. The number of rotatable bonds is 9. The van der Waals surface area contributed by atoms with Crippen molar-refractivity contribution in [2.75, 3.05) is 20.3 Å². The Kier molecular flexibility index (Phi) is 7.19. The number of methoxy groups -OCH3 is 1. The van der Waals surface area contributed by atoms with E-state index in [4.69, 9.17) is 4.74 Å². The molecule has 0 radical (unpaired) electrons. The molecule has 4 rings (SSSR count). The van der Waals surface area contributed by atoms with Crippen LogP contribution in [0, 0.1) is 11.6 Å². The topological polar surface area (TPSA) is 102 Å². The third kappa shape index (κ3) is 5.08. The van der Waals surface area contributed by atoms with Gasteiger partial charge in [-0.05, 0) is 41.5 Å². The third-order valence-corrected chi connectivity index (χ3v) is 5.56. The molecule has 3 aromatic rings. The van der Waals surface area contributed by atoms with Crippen LogP contribution in [0.15, 0.2) is 65.9 Å². The number of allylic oxidation sites excluding steroid dienone is 1. The maximum atomic E-state index is 15.0. The van der Waals surface area contributed by atoms with Crippen LogP contribution >= 0.6 is 0 Å². The third-order valence-electron chi connectivity index (χ3n) is 5.56. The fraction of sp³-hybridized carbons (Fsp3) is 0.250. The van der Waals surface area contributed by atoms with E-state index in [1.807, 2.05) is 0 Å². The van der Waals surface area contributed by atoms with E-state index in [1.54, 1.807) is 24.4 Å². The van der Waals surface area contributed by atoms with E-state index in [0.717, 1.165) is 11.1 Å². The number of hydrogen-bond donors (Lipinski definition) is 2. The molecular formula is C24H23F2N5O3. The molecule has 1 aliphatic heterocycles. The molecule has 34 heavy (non-hydrogen) atoms. The molecule has 2 atom stereocenters. The number of aliphatic imine (C=N–C) groups is 1. The molecule has 0 bridgehead atoms. The molecule has 0 aliphatic carbocycles. The normalized spacial score (nSPS) is 14.9. The number of carbonyl (C=O) groups is 1. The van der Waals surface area contributed by atoms with Crippen molar-refractivity contribution in [3.05, 3.63) is 89.3 Å². The van der Waals surface area contributed by atoms with Gasteiger partial charge in [-0.3, -0.25) is 14.5 Å². The van der Waals surface area contributed by atoms with Crippen LogP contribution in [0.2, 0.25) is 0 Å². The van der Waals surface area contributed by atoms with Crippen LogP contribution in [0.4, 0.5) is 8.78 Å². The largest absolute Gasteiger partial charge is 0.394 e. The summed E-state index contributed by atoms with van der Waals surface area (Å²) in [4.78, 5) is 17.7. The fourth-order valence-electron chi connectivity index (χ4n) is 3.79. The molecule has 2 heterocycles. The minimum absolute atomic E-state index is 0.0644. The summed E-state index contributed by atoms with van der Waals surface area (Å²) >= 11 is 0. The van der Waals surface area contributed by atoms with Crippen LogP contribution in [-0.4, -0.2) is 64.1 Å². The molecule has 0 unspecified atom stereocenters. The van der Waals surface area contributed by atoms with Crippen LogP contribution in [0.5, 0.6) is 0 Å². The van der Waals surface area contributed by atoms with E-state index in [-0.39, 0.29) is 36.6 Å². The van der Waals surface area contributed by atoms with Crippen molar-refractivity contribution in [3.8, 4) is 0 Å². The molecular weight excluding hydrogens is 444 g/mol. The van der Waals surface area contributed by atoms with Gasteiger partial charge in [0.15, 0.2) is 0 Å². The zero-order valence-electron chi connectivity index (χ0n) is 18.4. The average molecular weight is 467 g/mol. The number of hydrogen-bond acceptors (Lipinski definition) is 6. The zero-order chi connectivity index (χ0) is 24.1. The average Bonchev–Trinajstić information content (AvgIpc) is 3.52. The number of carbonyl (C=O) groups excluding carboxylic acids is 1. The van der Waals surface area contributed by atoms with E-state index in [1.165, 1.54) is 48.3 Å². The van der Waals surface area contributed by atoms with Gasteiger partial charge >= 0.3 is 0 Å². The molecule has 0 fully saturated rings.